The molecular weight excluding hydrogens is 321 g/mol. The SMILES string of the molecule is Cn1cc(NC(=O)CC(O)c2cccc(F)c2)c(-c2ccccc2)n1. The molecule has 0 spiro atoms. The van der Waals surface area contributed by atoms with Crippen molar-refractivity contribution in [3.8, 4) is 11.3 Å². The molecule has 6 heteroatoms. The van der Waals surface area contributed by atoms with Crippen molar-refractivity contribution >= 4 is 11.6 Å². The number of nitrogens with zero attached hydrogens (tertiary/aromatic N) is 2. The Morgan fingerprint density at radius 3 is 2.72 bits per heavy atom. The second kappa shape index (κ2) is 7.27. The first-order chi connectivity index (χ1) is 12.0. The lowest BCUT2D eigenvalue weighted by Crippen LogP contribution is -2.15. The molecule has 3 rings (SSSR count). The Morgan fingerprint density at radius 2 is 2.00 bits per heavy atom. The van der Waals surface area contributed by atoms with Crippen LogP contribution in [0.15, 0.2) is 60.8 Å². The van der Waals surface area contributed by atoms with Gasteiger partial charge in [-0.15, -0.1) is 0 Å². The monoisotopic (exact) mass is 339 g/mol. The number of aromatic nitrogens is 2. The smallest absolute Gasteiger partial charge is 0.227 e. The number of halogens is 1. The molecule has 0 aliphatic rings. The van der Waals surface area contributed by atoms with E-state index in [9.17, 15) is 14.3 Å². The fourth-order valence-corrected chi connectivity index (χ4v) is 2.60. The Labute approximate surface area is 144 Å². The van der Waals surface area contributed by atoms with E-state index < -0.39 is 11.9 Å². The van der Waals surface area contributed by atoms with Gasteiger partial charge in [0.15, 0.2) is 0 Å². The molecule has 0 bridgehead atoms. The number of benzene rings is 2. The molecule has 1 heterocycles. The second-order valence-electron chi connectivity index (χ2n) is 5.75. The lowest BCUT2D eigenvalue weighted by atomic mass is 10.1. The van der Waals surface area contributed by atoms with Crippen LogP contribution in [0, 0.1) is 5.82 Å². The Morgan fingerprint density at radius 1 is 1.24 bits per heavy atom. The topological polar surface area (TPSA) is 67.2 Å². The highest BCUT2D eigenvalue weighted by Gasteiger charge is 2.17. The van der Waals surface area contributed by atoms with Gasteiger partial charge in [0, 0.05) is 18.8 Å². The normalized spacial score (nSPS) is 12.0. The molecule has 128 valence electrons. The highest BCUT2D eigenvalue weighted by Crippen LogP contribution is 2.26. The van der Waals surface area contributed by atoms with Crippen molar-refractivity contribution in [1.29, 1.82) is 0 Å². The van der Waals surface area contributed by atoms with Crippen LogP contribution in [0.3, 0.4) is 0 Å². The van der Waals surface area contributed by atoms with Crippen LogP contribution in [-0.2, 0) is 11.8 Å². The van der Waals surface area contributed by atoms with Crippen molar-refractivity contribution < 1.29 is 14.3 Å². The minimum atomic E-state index is -1.08. The van der Waals surface area contributed by atoms with Crippen LogP contribution in [0.4, 0.5) is 10.1 Å². The number of carbonyl (C=O) groups excluding carboxylic acids is 1. The van der Waals surface area contributed by atoms with E-state index in [2.05, 4.69) is 10.4 Å². The van der Waals surface area contributed by atoms with Crippen LogP contribution in [0.1, 0.15) is 18.1 Å². The number of hydrogen-bond acceptors (Lipinski definition) is 3. The summed E-state index contributed by atoms with van der Waals surface area (Å²) >= 11 is 0. The third kappa shape index (κ3) is 4.10. The number of rotatable bonds is 5. The number of nitrogens with one attached hydrogen (secondary N) is 1. The molecule has 0 fully saturated rings. The standard InChI is InChI=1S/C19H18FN3O2/c1-23-12-16(19(22-23)13-6-3-2-4-7-13)21-18(25)11-17(24)14-8-5-9-15(20)10-14/h2-10,12,17,24H,11H2,1H3,(H,21,25). The number of anilines is 1. The van der Waals surface area contributed by atoms with Gasteiger partial charge < -0.3 is 10.4 Å². The van der Waals surface area contributed by atoms with E-state index in [1.807, 2.05) is 30.3 Å². The summed E-state index contributed by atoms with van der Waals surface area (Å²) in [6.07, 6.45) is 0.453. The van der Waals surface area contributed by atoms with Crippen LogP contribution < -0.4 is 5.32 Å². The minimum Gasteiger partial charge on any atom is -0.388 e. The molecule has 0 radical (unpaired) electrons. The van der Waals surface area contributed by atoms with E-state index in [-0.39, 0.29) is 12.3 Å². The van der Waals surface area contributed by atoms with Gasteiger partial charge in [0.25, 0.3) is 0 Å². The molecule has 1 aromatic heterocycles. The van der Waals surface area contributed by atoms with Crippen molar-refractivity contribution in [1.82, 2.24) is 9.78 Å². The lowest BCUT2D eigenvalue weighted by Gasteiger charge is -2.11. The summed E-state index contributed by atoms with van der Waals surface area (Å²) in [6.45, 7) is 0. The molecule has 3 aromatic rings. The summed E-state index contributed by atoms with van der Waals surface area (Å²) in [7, 11) is 1.77. The van der Waals surface area contributed by atoms with Crippen molar-refractivity contribution in [2.24, 2.45) is 7.05 Å². The van der Waals surface area contributed by atoms with E-state index >= 15 is 0 Å². The van der Waals surface area contributed by atoms with E-state index in [0.29, 0.717) is 16.9 Å². The molecule has 1 atom stereocenters. The van der Waals surface area contributed by atoms with E-state index in [1.165, 1.54) is 18.2 Å². The van der Waals surface area contributed by atoms with Gasteiger partial charge >= 0.3 is 0 Å². The molecule has 1 unspecified atom stereocenters. The van der Waals surface area contributed by atoms with Gasteiger partial charge in [-0.1, -0.05) is 42.5 Å². The zero-order valence-electron chi connectivity index (χ0n) is 13.7. The van der Waals surface area contributed by atoms with Gasteiger partial charge in [-0.05, 0) is 17.7 Å². The summed E-state index contributed by atoms with van der Waals surface area (Å²) in [6, 6.07) is 15.1. The predicted octanol–water partition coefficient (Wildman–Crippen LogP) is 3.29. The van der Waals surface area contributed by atoms with Crippen LogP contribution >= 0.6 is 0 Å². The molecule has 2 aromatic carbocycles. The highest BCUT2D eigenvalue weighted by atomic mass is 19.1. The first kappa shape index (κ1) is 16.9. The summed E-state index contributed by atoms with van der Waals surface area (Å²) in [5.41, 5.74) is 2.45. The van der Waals surface area contributed by atoms with Crippen LogP contribution in [0.2, 0.25) is 0 Å². The first-order valence-corrected chi connectivity index (χ1v) is 7.85. The third-order valence-electron chi connectivity index (χ3n) is 3.76. The molecule has 25 heavy (non-hydrogen) atoms. The number of amides is 1. The maximum atomic E-state index is 13.2. The number of aliphatic hydroxyl groups is 1. The Balaban J connectivity index is 1.73. The molecule has 2 N–H and O–H groups in total. The average molecular weight is 339 g/mol. The summed E-state index contributed by atoms with van der Waals surface area (Å²) in [5.74, 6) is -0.822. The van der Waals surface area contributed by atoms with Crippen LogP contribution in [-0.4, -0.2) is 20.8 Å². The molecule has 0 saturated heterocycles. The van der Waals surface area contributed by atoms with E-state index in [4.69, 9.17) is 0 Å². The van der Waals surface area contributed by atoms with Gasteiger partial charge in [-0.25, -0.2) is 4.39 Å². The summed E-state index contributed by atoms with van der Waals surface area (Å²) < 4.78 is 14.8. The number of aliphatic hydroxyl groups excluding tert-OH is 1. The Hall–Kier alpha value is -2.99. The number of carbonyl (C=O) groups is 1. The van der Waals surface area contributed by atoms with Crippen molar-refractivity contribution in [2.75, 3.05) is 5.32 Å². The van der Waals surface area contributed by atoms with E-state index in [1.54, 1.807) is 24.0 Å². The minimum absolute atomic E-state index is 0.174. The quantitative estimate of drug-likeness (QED) is 0.749. The molecule has 0 saturated carbocycles. The van der Waals surface area contributed by atoms with Gasteiger partial charge in [0.1, 0.15) is 11.5 Å². The summed E-state index contributed by atoms with van der Waals surface area (Å²) in [5, 5.41) is 17.3. The molecule has 0 aliphatic heterocycles. The second-order valence-corrected chi connectivity index (χ2v) is 5.75. The Kier molecular flexibility index (Phi) is 4.90. The van der Waals surface area contributed by atoms with Gasteiger partial charge in [0.2, 0.25) is 5.91 Å². The predicted molar refractivity (Wildman–Crippen MR) is 93.3 cm³/mol. The maximum absolute atomic E-state index is 13.2. The average Bonchev–Trinajstić information content (AvgIpc) is 2.95. The first-order valence-electron chi connectivity index (χ1n) is 7.85. The molecule has 5 nitrogen and oxygen atoms in total. The molecular formula is C19H18FN3O2. The fourth-order valence-electron chi connectivity index (χ4n) is 2.60. The lowest BCUT2D eigenvalue weighted by molar-refractivity contribution is -0.118. The van der Waals surface area contributed by atoms with Gasteiger partial charge in [0.05, 0.1) is 18.2 Å². The maximum Gasteiger partial charge on any atom is 0.227 e. The van der Waals surface area contributed by atoms with Gasteiger partial charge in [-0.2, -0.15) is 5.10 Å². The third-order valence-corrected chi connectivity index (χ3v) is 3.76. The fraction of sp³-hybridized carbons (Fsp3) is 0.158. The van der Waals surface area contributed by atoms with Crippen LogP contribution in [0.5, 0.6) is 0 Å². The Bertz CT molecular complexity index is 877. The number of hydrogen-bond donors (Lipinski definition) is 2. The molecule has 0 aliphatic carbocycles. The zero-order valence-corrected chi connectivity index (χ0v) is 13.7. The molecule has 1 amide bonds. The van der Waals surface area contributed by atoms with Crippen LogP contribution in [0.25, 0.3) is 11.3 Å². The number of aryl methyl sites for hydroxylation is 1. The van der Waals surface area contributed by atoms with Crippen molar-refractivity contribution in [3.05, 3.63) is 72.2 Å². The highest BCUT2D eigenvalue weighted by molar-refractivity contribution is 5.94. The van der Waals surface area contributed by atoms with Crippen molar-refractivity contribution in [3.63, 3.8) is 0 Å². The van der Waals surface area contributed by atoms with Gasteiger partial charge in [-0.3, -0.25) is 9.48 Å². The summed E-state index contributed by atoms with van der Waals surface area (Å²) in [4.78, 5) is 12.3. The van der Waals surface area contributed by atoms with E-state index in [0.717, 1.165) is 5.56 Å². The largest absolute Gasteiger partial charge is 0.388 e. The zero-order chi connectivity index (χ0) is 17.8. The van der Waals surface area contributed by atoms with Crippen molar-refractivity contribution in [2.45, 2.75) is 12.5 Å².